The molecule has 2 saturated carbocycles. The van der Waals surface area contributed by atoms with Crippen LogP contribution in [0, 0.1) is 17.8 Å². The van der Waals surface area contributed by atoms with Gasteiger partial charge in [0, 0.05) is 18.9 Å². The normalized spacial score (nSPS) is 28.4. The molecule has 1 amide bonds. The third kappa shape index (κ3) is 3.95. The lowest BCUT2D eigenvalue weighted by molar-refractivity contribution is -0.140. The minimum atomic E-state index is -0.147. The van der Waals surface area contributed by atoms with Crippen LogP contribution >= 0.6 is 0 Å². The molecule has 0 aromatic carbocycles. The van der Waals surface area contributed by atoms with Crippen molar-refractivity contribution in [3.8, 4) is 0 Å². The van der Waals surface area contributed by atoms with Crippen LogP contribution < -0.4 is 5.32 Å². The third-order valence-electron chi connectivity index (χ3n) is 4.54. The zero-order valence-electron chi connectivity index (χ0n) is 11.8. The Balaban J connectivity index is 1.50. The summed E-state index contributed by atoms with van der Waals surface area (Å²) in [4.78, 5) is 22.9. The maximum atomic E-state index is 12.0. The molecule has 1 N–H and O–H groups in total. The van der Waals surface area contributed by atoms with Gasteiger partial charge < -0.3 is 10.1 Å². The van der Waals surface area contributed by atoms with Crippen LogP contribution in [0.1, 0.15) is 51.4 Å². The van der Waals surface area contributed by atoms with Crippen LogP contribution in [0.5, 0.6) is 0 Å². The summed E-state index contributed by atoms with van der Waals surface area (Å²) in [5, 5.41) is 3.05. The van der Waals surface area contributed by atoms with Gasteiger partial charge in [0.1, 0.15) is 0 Å². The molecule has 0 bridgehead atoms. The van der Waals surface area contributed by atoms with Gasteiger partial charge in [0.2, 0.25) is 5.91 Å². The largest absolute Gasteiger partial charge is 0.469 e. The molecule has 0 aliphatic heterocycles. The highest BCUT2D eigenvalue weighted by Crippen LogP contribution is 2.55. The highest BCUT2D eigenvalue weighted by molar-refractivity contribution is 5.82. The Morgan fingerprint density at radius 3 is 2.42 bits per heavy atom. The second kappa shape index (κ2) is 6.92. The van der Waals surface area contributed by atoms with Crippen LogP contribution in [0.15, 0.2) is 0 Å². The lowest BCUT2D eigenvalue weighted by atomic mass is 10.0. The topological polar surface area (TPSA) is 55.4 Å². The van der Waals surface area contributed by atoms with Gasteiger partial charge in [-0.2, -0.15) is 0 Å². The Hall–Kier alpha value is -1.06. The van der Waals surface area contributed by atoms with E-state index >= 15 is 0 Å². The van der Waals surface area contributed by atoms with Gasteiger partial charge in [-0.15, -0.1) is 0 Å². The van der Waals surface area contributed by atoms with E-state index in [1.165, 1.54) is 32.8 Å². The molecule has 4 heteroatoms. The molecule has 0 saturated heterocycles. The molecule has 2 atom stereocenters. The molecule has 0 radical (unpaired) electrons. The molecule has 0 aromatic rings. The van der Waals surface area contributed by atoms with Gasteiger partial charge in [0.05, 0.1) is 7.11 Å². The second-order valence-electron chi connectivity index (χ2n) is 5.82. The zero-order chi connectivity index (χ0) is 13.7. The Kier molecular flexibility index (Phi) is 5.23. The van der Waals surface area contributed by atoms with Crippen LogP contribution in [0.3, 0.4) is 0 Å². The first-order valence-corrected chi connectivity index (χ1v) is 7.58. The van der Waals surface area contributed by atoms with Gasteiger partial charge >= 0.3 is 5.97 Å². The molecule has 2 unspecified atom stereocenters. The summed E-state index contributed by atoms with van der Waals surface area (Å²) in [5.74, 6) is 1.81. The summed E-state index contributed by atoms with van der Waals surface area (Å²) in [6, 6.07) is 0. The van der Waals surface area contributed by atoms with E-state index in [1.54, 1.807) is 0 Å². The lowest BCUT2D eigenvalue weighted by Crippen LogP contribution is -2.27. The van der Waals surface area contributed by atoms with Crippen molar-refractivity contribution in [2.45, 2.75) is 51.4 Å². The molecule has 2 aliphatic rings. The summed E-state index contributed by atoms with van der Waals surface area (Å²) in [5.41, 5.74) is 0. The second-order valence-corrected chi connectivity index (χ2v) is 5.82. The number of nitrogens with one attached hydrogen (secondary N) is 1. The van der Waals surface area contributed by atoms with Gasteiger partial charge in [0.15, 0.2) is 0 Å². The van der Waals surface area contributed by atoms with E-state index < -0.39 is 0 Å². The highest BCUT2D eigenvalue weighted by atomic mass is 16.5. The molecular formula is C15H25NO3. The van der Waals surface area contributed by atoms with Crippen molar-refractivity contribution in [1.82, 2.24) is 5.32 Å². The number of carbonyl (C=O) groups is 2. The van der Waals surface area contributed by atoms with Gasteiger partial charge in [-0.1, -0.05) is 19.3 Å². The van der Waals surface area contributed by atoms with Crippen molar-refractivity contribution >= 4 is 11.9 Å². The number of ether oxygens (including phenoxy) is 1. The average molecular weight is 267 g/mol. The van der Waals surface area contributed by atoms with Crippen molar-refractivity contribution in [3.05, 3.63) is 0 Å². The lowest BCUT2D eigenvalue weighted by Gasteiger charge is -2.04. The molecule has 108 valence electrons. The zero-order valence-corrected chi connectivity index (χ0v) is 11.8. The molecule has 2 aliphatic carbocycles. The Bertz CT molecular complexity index is 317. The molecule has 2 fully saturated rings. The molecule has 2 rings (SSSR count). The van der Waals surface area contributed by atoms with E-state index in [9.17, 15) is 9.59 Å². The third-order valence-corrected chi connectivity index (χ3v) is 4.54. The Morgan fingerprint density at radius 2 is 1.79 bits per heavy atom. The monoisotopic (exact) mass is 267 g/mol. The van der Waals surface area contributed by atoms with Crippen molar-refractivity contribution in [3.63, 3.8) is 0 Å². The molecule has 0 aromatic heterocycles. The first-order valence-electron chi connectivity index (χ1n) is 7.58. The number of hydrogen-bond donors (Lipinski definition) is 1. The van der Waals surface area contributed by atoms with Gasteiger partial charge in [-0.05, 0) is 37.5 Å². The number of carbonyl (C=O) groups excluding carboxylic acids is 2. The quantitative estimate of drug-likeness (QED) is 0.568. The molecule has 4 nitrogen and oxygen atoms in total. The maximum absolute atomic E-state index is 12.0. The van der Waals surface area contributed by atoms with Crippen LogP contribution in [-0.4, -0.2) is 25.5 Å². The summed E-state index contributed by atoms with van der Waals surface area (Å²) in [6.07, 6.45) is 8.35. The smallest absolute Gasteiger partial charge is 0.305 e. The van der Waals surface area contributed by atoms with Crippen LogP contribution in [0.4, 0.5) is 0 Å². The van der Waals surface area contributed by atoms with E-state index in [0.717, 1.165) is 25.8 Å². The van der Waals surface area contributed by atoms with E-state index in [1.807, 2.05) is 0 Å². The first-order chi connectivity index (χ1) is 9.24. The van der Waals surface area contributed by atoms with Crippen molar-refractivity contribution in [2.75, 3.05) is 13.7 Å². The molecule has 0 spiro atoms. The molecular weight excluding hydrogens is 242 g/mol. The summed E-state index contributed by atoms with van der Waals surface area (Å²) in [7, 11) is 1.41. The van der Waals surface area contributed by atoms with Gasteiger partial charge in [0.25, 0.3) is 0 Å². The SMILES string of the molecule is COC(=O)CCCCCNC(=O)C1C2CCCCC21. The summed E-state index contributed by atoms with van der Waals surface area (Å²) < 4.78 is 4.58. The fourth-order valence-corrected chi connectivity index (χ4v) is 3.38. The summed E-state index contributed by atoms with van der Waals surface area (Å²) >= 11 is 0. The fourth-order valence-electron chi connectivity index (χ4n) is 3.38. The fraction of sp³-hybridized carbons (Fsp3) is 0.867. The van der Waals surface area contributed by atoms with Crippen molar-refractivity contribution in [1.29, 1.82) is 0 Å². The predicted octanol–water partition coefficient (Wildman–Crippen LogP) is 2.27. The number of unbranched alkanes of at least 4 members (excludes halogenated alkanes) is 2. The van der Waals surface area contributed by atoms with Crippen molar-refractivity contribution in [2.24, 2.45) is 17.8 Å². The van der Waals surface area contributed by atoms with E-state index in [0.29, 0.717) is 24.2 Å². The van der Waals surface area contributed by atoms with Crippen LogP contribution in [0.2, 0.25) is 0 Å². The van der Waals surface area contributed by atoms with Crippen LogP contribution in [-0.2, 0) is 14.3 Å². The summed E-state index contributed by atoms with van der Waals surface area (Å²) in [6.45, 7) is 0.746. The Labute approximate surface area is 115 Å². The number of methoxy groups -OCH3 is 1. The standard InChI is InChI=1S/C15H25NO3/c1-19-13(17)9-3-2-6-10-16-15(18)14-11-7-4-5-8-12(11)14/h11-12,14H,2-10H2,1H3,(H,16,18). The minimum Gasteiger partial charge on any atom is -0.469 e. The van der Waals surface area contributed by atoms with E-state index in [-0.39, 0.29) is 11.9 Å². The van der Waals surface area contributed by atoms with E-state index in [4.69, 9.17) is 0 Å². The van der Waals surface area contributed by atoms with E-state index in [2.05, 4.69) is 10.1 Å². The average Bonchev–Trinajstić information content (AvgIpc) is 3.16. The highest BCUT2D eigenvalue weighted by Gasteiger charge is 2.54. The number of fused-ring (bicyclic) bond motifs is 1. The predicted molar refractivity (Wildman–Crippen MR) is 72.4 cm³/mol. The first kappa shape index (κ1) is 14.4. The Morgan fingerprint density at radius 1 is 1.11 bits per heavy atom. The molecule has 0 heterocycles. The van der Waals surface area contributed by atoms with Crippen LogP contribution in [0.25, 0.3) is 0 Å². The van der Waals surface area contributed by atoms with Crippen molar-refractivity contribution < 1.29 is 14.3 Å². The maximum Gasteiger partial charge on any atom is 0.305 e. The number of rotatable bonds is 7. The minimum absolute atomic E-state index is 0.147. The van der Waals surface area contributed by atoms with Gasteiger partial charge in [-0.25, -0.2) is 0 Å². The molecule has 19 heavy (non-hydrogen) atoms. The number of esters is 1. The van der Waals surface area contributed by atoms with Gasteiger partial charge in [-0.3, -0.25) is 9.59 Å². The number of amides is 1. The number of hydrogen-bond acceptors (Lipinski definition) is 3.